The second-order valence-corrected chi connectivity index (χ2v) is 6.86. The van der Waals surface area contributed by atoms with Crippen LogP contribution in [0.25, 0.3) is 0 Å². The maximum absolute atomic E-state index is 12.8. The van der Waals surface area contributed by atoms with Crippen molar-refractivity contribution < 1.29 is 9.59 Å². The molecule has 0 N–H and O–H groups in total. The largest absolute Gasteiger partial charge is 0.338 e. The van der Waals surface area contributed by atoms with Gasteiger partial charge in [0.2, 0.25) is 11.8 Å². The molecule has 2 amide bonds. The summed E-state index contributed by atoms with van der Waals surface area (Å²) in [5.41, 5.74) is 2.14. The number of aryl methyl sites for hydroxylation is 1. The molecule has 1 aliphatic rings. The normalized spacial score (nSPS) is 18.1. The molecule has 1 heterocycles. The van der Waals surface area contributed by atoms with Gasteiger partial charge in [-0.05, 0) is 51.8 Å². The van der Waals surface area contributed by atoms with Crippen LogP contribution in [0.3, 0.4) is 0 Å². The Morgan fingerprint density at radius 3 is 2.22 bits per heavy atom. The minimum absolute atomic E-state index is 0.0417. The van der Waals surface area contributed by atoms with Crippen LogP contribution in [0.15, 0.2) is 24.3 Å². The molecule has 1 aromatic carbocycles. The van der Waals surface area contributed by atoms with Crippen molar-refractivity contribution in [2.24, 2.45) is 5.92 Å². The summed E-state index contributed by atoms with van der Waals surface area (Å²) in [6.45, 7) is 10.7. The summed E-state index contributed by atoms with van der Waals surface area (Å²) in [7, 11) is 0. The number of amides is 2. The lowest BCUT2D eigenvalue weighted by Crippen LogP contribution is -2.45. The SMILES string of the molecule is CCc1ccc(N2CC(C(=O)N(C(C)C)C(C)C)CC2=O)cc1. The Balaban J connectivity index is 2.13. The van der Waals surface area contributed by atoms with Crippen LogP contribution in [-0.4, -0.2) is 35.3 Å². The van der Waals surface area contributed by atoms with Crippen LogP contribution in [0.2, 0.25) is 0 Å². The number of rotatable bonds is 5. The standard InChI is InChI=1S/C19H28N2O2/c1-6-15-7-9-17(10-8-15)20-12-16(11-18(20)22)19(23)21(13(2)3)14(4)5/h7-10,13-14,16H,6,11-12H2,1-5H3. The monoisotopic (exact) mass is 316 g/mol. The van der Waals surface area contributed by atoms with Gasteiger partial charge in [0.1, 0.15) is 0 Å². The minimum atomic E-state index is -0.238. The zero-order chi connectivity index (χ0) is 17.1. The third-order valence-electron chi connectivity index (χ3n) is 4.50. The van der Waals surface area contributed by atoms with E-state index in [0.717, 1.165) is 12.1 Å². The van der Waals surface area contributed by atoms with E-state index in [0.29, 0.717) is 13.0 Å². The van der Waals surface area contributed by atoms with E-state index in [2.05, 4.69) is 6.92 Å². The van der Waals surface area contributed by atoms with Crippen molar-refractivity contribution in [2.45, 2.75) is 59.5 Å². The fourth-order valence-electron chi connectivity index (χ4n) is 3.35. The molecule has 2 rings (SSSR count). The predicted octanol–water partition coefficient (Wildman–Crippen LogP) is 3.25. The lowest BCUT2D eigenvalue weighted by molar-refractivity contribution is -0.139. The van der Waals surface area contributed by atoms with Crippen LogP contribution < -0.4 is 4.90 Å². The van der Waals surface area contributed by atoms with E-state index in [9.17, 15) is 9.59 Å². The molecule has 0 saturated carbocycles. The zero-order valence-electron chi connectivity index (χ0n) is 14.9. The second-order valence-electron chi connectivity index (χ2n) is 6.86. The number of nitrogens with zero attached hydrogens (tertiary/aromatic N) is 2. The molecular weight excluding hydrogens is 288 g/mol. The van der Waals surface area contributed by atoms with Gasteiger partial charge >= 0.3 is 0 Å². The summed E-state index contributed by atoms with van der Waals surface area (Å²) >= 11 is 0. The van der Waals surface area contributed by atoms with Crippen molar-refractivity contribution in [3.63, 3.8) is 0 Å². The highest BCUT2D eigenvalue weighted by atomic mass is 16.2. The highest BCUT2D eigenvalue weighted by Gasteiger charge is 2.38. The molecule has 0 spiro atoms. The fraction of sp³-hybridized carbons (Fsp3) is 0.579. The average Bonchev–Trinajstić information content (AvgIpc) is 2.88. The first-order valence-electron chi connectivity index (χ1n) is 8.56. The first-order valence-corrected chi connectivity index (χ1v) is 8.56. The van der Waals surface area contributed by atoms with E-state index in [1.54, 1.807) is 4.90 Å². The molecule has 126 valence electrons. The van der Waals surface area contributed by atoms with Crippen LogP contribution in [0.4, 0.5) is 5.69 Å². The average molecular weight is 316 g/mol. The molecule has 0 bridgehead atoms. The molecule has 0 aromatic heterocycles. The Hall–Kier alpha value is -1.84. The van der Waals surface area contributed by atoms with E-state index in [-0.39, 0.29) is 29.8 Å². The van der Waals surface area contributed by atoms with Gasteiger partial charge in [-0.15, -0.1) is 0 Å². The van der Waals surface area contributed by atoms with Gasteiger partial charge in [-0.2, -0.15) is 0 Å². The van der Waals surface area contributed by atoms with Crippen LogP contribution in [0, 0.1) is 5.92 Å². The van der Waals surface area contributed by atoms with Crippen LogP contribution in [0.1, 0.15) is 46.6 Å². The summed E-state index contributed by atoms with van der Waals surface area (Å²) < 4.78 is 0. The van der Waals surface area contributed by atoms with Gasteiger partial charge in [0.05, 0.1) is 5.92 Å². The molecule has 4 heteroatoms. The van der Waals surface area contributed by atoms with E-state index >= 15 is 0 Å². The smallest absolute Gasteiger partial charge is 0.228 e. The summed E-state index contributed by atoms with van der Waals surface area (Å²) in [6.07, 6.45) is 1.29. The summed E-state index contributed by atoms with van der Waals surface area (Å²) in [4.78, 5) is 28.8. The first-order chi connectivity index (χ1) is 10.8. The van der Waals surface area contributed by atoms with Crippen LogP contribution in [-0.2, 0) is 16.0 Å². The van der Waals surface area contributed by atoms with Crippen molar-refractivity contribution >= 4 is 17.5 Å². The van der Waals surface area contributed by atoms with Gasteiger partial charge in [0, 0.05) is 30.7 Å². The number of hydrogen-bond acceptors (Lipinski definition) is 2. The Kier molecular flexibility index (Phi) is 5.45. The van der Waals surface area contributed by atoms with Crippen molar-refractivity contribution in [2.75, 3.05) is 11.4 Å². The number of carbonyl (C=O) groups is 2. The predicted molar refractivity (Wildman–Crippen MR) is 93.4 cm³/mol. The number of benzene rings is 1. The zero-order valence-corrected chi connectivity index (χ0v) is 14.9. The summed E-state index contributed by atoms with van der Waals surface area (Å²) in [6, 6.07) is 8.35. The van der Waals surface area contributed by atoms with E-state index in [1.165, 1.54) is 5.56 Å². The van der Waals surface area contributed by atoms with Crippen molar-refractivity contribution in [3.8, 4) is 0 Å². The lowest BCUT2D eigenvalue weighted by atomic mass is 10.0. The van der Waals surface area contributed by atoms with E-state index in [1.807, 2.05) is 56.9 Å². The summed E-state index contributed by atoms with van der Waals surface area (Å²) in [5, 5.41) is 0. The lowest BCUT2D eigenvalue weighted by Gasteiger charge is -2.32. The van der Waals surface area contributed by atoms with Crippen LogP contribution in [0.5, 0.6) is 0 Å². The molecular formula is C19H28N2O2. The third-order valence-corrected chi connectivity index (χ3v) is 4.50. The molecule has 1 aromatic rings. The highest BCUT2D eigenvalue weighted by Crippen LogP contribution is 2.27. The fourth-order valence-corrected chi connectivity index (χ4v) is 3.35. The van der Waals surface area contributed by atoms with Crippen molar-refractivity contribution in [3.05, 3.63) is 29.8 Å². The minimum Gasteiger partial charge on any atom is -0.338 e. The highest BCUT2D eigenvalue weighted by molar-refractivity contribution is 6.00. The molecule has 1 fully saturated rings. The molecule has 1 atom stereocenters. The molecule has 0 aliphatic carbocycles. The molecule has 23 heavy (non-hydrogen) atoms. The van der Waals surface area contributed by atoms with Gasteiger partial charge in [0.25, 0.3) is 0 Å². The Labute approximate surface area is 139 Å². The Morgan fingerprint density at radius 2 is 1.74 bits per heavy atom. The summed E-state index contributed by atoms with van der Waals surface area (Å²) in [5.74, 6) is -0.103. The Morgan fingerprint density at radius 1 is 1.17 bits per heavy atom. The maximum Gasteiger partial charge on any atom is 0.228 e. The number of carbonyl (C=O) groups excluding carboxylic acids is 2. The quantitative estimate of drug-likeness (QED) is 0.836. The van der Waals surface area contributed by atoms with Crippen LogP contribution >= 0.6 is 0 Å². The van der Waals surface area contributed by atoms with Crippen molar-refractivity contribution in [1.29, 1.82) is 0 Å². The Bertz CT molecular complexity index is 555. The van der Waals surface area contributed by atoms with E-state index < -0.39 is 0 Å². The van der Waals surface area contributed by atoms with E-state index in [4.69, 9.17) is 0 Å². The topological polar surface area (TPSA) is 40.6 Å². The number of hydrogen-bond donors (Lipinski definition) is 0. The van der Waals surface area contributed by atoms with Gasteiger partial charge in [0.15, 0.2) is 0 Å². The van der Waals surface area contributed by atoms with Crippen molar-refractivity contribution in [1.82, 2.24) is 4.90 Å². The number of anilines is 1. The van der Waals surface area contributed by atoms with Gasteiger partial charge in [-0.1, -0.05) is 19.1 Å². The maximum atomic E-state index is 12.8. The molecule has 4 nitrogen and oxygen atoms in total. The molecule has 0 radical (unpaired) electrons. The molecule has 1 saturated heterocycles. The van der Waals surface area contributed by atoms with Gasteiger partial charge in [-0.25, -0.2) is 0 Å². The molecule has 1 aliphatic heterocycles. The van der Waals surface area contributed by atoms with Gasteiger partial charge in [-0.3, -0.25) is 9.59 Å². The second kappa shape index (κ2) is 7.16. The van der Waals surface area contributed by atoms with Gasteiger partial charge < -0.3 is 9.80 Å². The third kappa shape index (κ3) is 3.74. The molecule has 1 unspecified atom stereocenters. The first kappa shape index (κ1) is 17.5.